The van der Waals surface area contributed by atoms with Crippen molar-refractivity contribution in [3.8, 4) is 11.2 Å². The van der Waals surface area contributed by atoms with E-state index in [1.807, 2.05) is 5.25 Å². The van der Waals surface area contributed by atoms with Gasteiger partial charge in [-0.15, -0.1) is 0 Å². The second-order valence-electron chi connectivity index (χ2n) is 2.66. The van der Waals surface area contributed by atoms with Gasteiger partial charge in [0.05, 0.1) is 6.26 Å². The minimum Gasteiger partial charge on any atom is -0.216 e. The molecule has 0 heterocycles. The summed E-state index contributed by atoms with van der Waals surface area (Å²) in [4.78, 5) is 0. The molecule has 0 saturated heterocycles. The van der Waals surface area contributed by atoms with E-state index in [0.717, 1.165) is 18.4 Å². The molecule has 5 heteroatoms. The Hall–Kier alpha value is -1.41. The molecule has 1 aromatic carbocycles. The molecule has 0 radical (unpaired) electrons. The standard InChI is InChI=1S/C9H6F2O2S/c1-14(12,13)3-2-7-4-8(10)6-9(11)5-7/h4-6H,1H3. The van der Waals surface area contributed by atoms with Crippen LogP contribution < -0.4 is 0 Å². The molecule has 0 aliphatic rings. The Kier molecular flexibility index (Phi) is 2.87. The van der Waals surface area contributed by atoms with Gasteiger partial charge in [0.2, 0.25) is 9.84 Å². The molecule has 0 aliphatic carbocycles. The molecule has 0 amide bonds. The Morgan fingerprint density at radius 3 is 2.07 bits per heavy atom. The third-order valence-electron chi connectivity index (χ3n) is 1.24. The summed E-state index contributed by atoms with van der Waals surface area (Å²) < 4.78 is 46.4. The minimum atomic E-state index is -3.45. The molecule has 0 aromatic heterocycles. The second kappa shape index (κ2) is 3.76. The van der Waals surface area contributed by atoms with Crippen LogP contribution in [0, 0.1) is 22.8 Å². The molecule has 0 bridgehead atoms. The van der Waals surface area contributed by atoms with Gasteiger partial charge in [-0.05, 0) is 18.1 Å². The first-order valence-corrected chi connectivity index (χ1v) is 5.45. The fourth-order valence-electron chi connectivity index (χ4n) is 0.778. The number of rotatable bonds is 0. The lowest BCUT2D eigenvalue weighted by molar-refractivity contribution is 0.582. The highest BCUT2D eigenvalue weighted by Crippen LogP contribution is 2.06. The van der Waals surface area contributed by atoms with Crippen LogP contribution in [0.25, 0.3) is 0 Å². The van der Waals surface area contributed by atoms with E-state index in [-0.39, 0.29) is 5.56 Å². The van der Waals surface area contributed by atoms with Crippen LogP contribution in [-0.4, -0.2) is 14.7 Å². The van der Waals surface area contributed by atoms with E-state index in [1.165, 1.54) is 0 Å². The molecule has 0 unspecified atom stereocenters. The van der Waals surface area contributed by atoms with E-state index in [9.17, 15) is 17.2 Å². The van der Waals surface area contributed by atoms with Crippen LogP contribution in [0.1, 0.15) is 5.56 Å². The monoisotopic (exact) mass is 216 g/mol. The van der Waals surface area contributed by atoms with Crippen molar-refractivity contribution in [2.45, 2.75) is 0 Å². The van der Waals surface area contributed by atoms with Gasteiger partial charge in [-0.2, -0.15) is 0 Å². The average molecular weight is 216 g/mol. The Morgan fingerprint density at radius 2 is 1.64 bits per heavy atom. The van der Waals surface area contributed by atoms with Gasteiger partial charge in [-0.25, -0.2) is 17.2 Å². The average Bonchev–Trinajstić information content (AvgIpc) is 1.97. The van der Waals surface area contributed by atoms with Crippen molar-refractivity contribution in [3.63, 3.8) is 0 Å². The summed E-state index contributed by atoms with van der Waals surface area (Å²) in [5.41, 5.74) is -0.00655. The summed E-state index contributed by atoms with van der Waals surface area (Å²) in [5.74, 6) is 0.570. The lowest BCUT2D eigenvalue weighted by atomic mass is 10.2. The maximum atomic E-state index is 12.6. The molecule has 0 fully saturated rings. The zero-order chi connectivity index (χ0) is 10.8. The zero-order valence-electron chi connectivity index (χ0n) is 7.21. The Morgan fingerprint density at radius 1 is 1.14 bits per heavy atom. The van der Waals surface area contributed by atoms with Crippen molar-refractivity contribution in [1.29, 1.82) is 0 Å². The molecule has 1 aromatic rings. The van der Waals surface area contributed by atoms with Crippen LogP contribution in [0.3, 0.4) is 0 Å². The van der Waals surface area contributed by atoms with Gasteiger partial charge >= 0.3 is 0 Å². The molecule has 1 rings (SSSR count). The fraction of sp³-hybridized carbons (Fsp3) is 0.111. The van der Waals surface area contributed by atoms with Crippen LogP contribution in [0.5, 0.6) is 0 Å². The van der Waals surface area contributed by atoms with Crippen LogP contribution in [-0.2, 0) is 9.84 Å². The summed E-state index contributed by atoms with van der Waals surface area (Å²) in [6, 6.07) is 2.61. The van der Waals surface area contributed by atoms with Crippen LogP contribution in [0.4, 0.5) is 8.78 Å². The normalized spacial score (nSPS) is 10.5. The molecule has 0 aliphatic heterocycles. The van der Waals surface area contributed by atoms with Crippen molar-refractivity contribution < 1.29 is 17.2 Å². The van der Waals surface area contributed by atoms with E-state index in [1.54, 1.807) is 0 Å². The van der Waals surface area contributed by atoms with Gasteiger partial charge in [0.1, 0.15) is 11.6 Å². The SMILES string of the molecule is CS(=O)(=O)C#Cc1cc(F)cc(F)c1. The van der Waals surface area contributed by atoms with Gasteiger partial charge in [0.25, 0.3) is 0 Å². The van der Waals surface area contributed by atoms with Gasteiger partial charge in [-0.1, -0.05) is 0 Å². The third-order valence-corrected chi connectivity index (χ3v) is 1.72. The van der Waals surface area contributed by atoms with Crippen molar-refractivity contribution in [2.24, 2.45) is 0 Å². The first kappa shape index (κ1) is 10.7. The summed E-state index contributed by atoms with van der Waals surface area (Å²) in [7, 11) is -3.45. The van der Waals surface area contributed by atoms with E-state index >= 15 is 0 Å². The fourth-order valence-corrected chi connectivity index (χ4v) is 1.08. The number of hydrogen-bond acceptors (Lipinski definition) is 2. The summed E-state index contributed by atoms with van der Waals surface area (Å²) in [6.45, 7) is 0. The van der Waals surface area contributed by atoms with Gasteiger partial charge in [0.15, 0.2) is 0 Å². The van der Waals surface area contributed by atoms with Crippen molar-refractivity contribution in [2.75, 3.05) is 6.26 Å². The molecular weight excluding hydrogens is 210 g/mol. The maximum absolute atomic E-state index is 12.6. The minimum absolute atomic E-state index is 0.00655. The lowest BCUT2D eigenvalue weighted by Gasteiger charge is -1.91. The largest absolute Gasteiger partial charge is 0.216 e. The summed E-state index contributed by atoms with van der Waals surface area (Å²) >= 11 is 0. The predicted molar refractivity (Wildman–Crippen MR) is 48.1 cm³/mol. The van der Waals surface area contributed by atoms with Gasteiger partial charge in [-0.3, -0.25) is 0 Å². The zero-order valence-corrected chi connectivity index (χ0v) is 8.03. The Bertz CT molecular complexity index is 489. The van der Waals surface area contributed by atoms with Crippen LogP contribution >= 0.6 is 0 Å². The molecule has 0 saturated carbocycles. The lowest BCUT2D eigenvalue weighted by Crippen LogP contribution is -1.90. The third kappa shape index (κ3) is 3.54. The highest BCUT2D eigenvalue weighted by molar-refractivity contribution is 7.95. The number of benzene rings is 1. The quantitative estimate of drug-likeness (QED) is 0.613. The number of sulfone groups is 1. The first-order valence-electron chi connectivity index (χ1n) is 3.56. The van der Waals surface area contributed by atoms with Crippen LogP contribution in [0.15, 0.2) is 18.2 Å². The molecule has 2 nitrogen and oxygen atoms in total. The van der Waals surface area contributed by atoms with Gasteiger partial charge in [0, 0.05) is 16.9 Å². The second-order valence-corrected chi connectivity index (χ2v) is 4.41. The molecule has 14 heavy (non-hydrogen) atoms. The van der Waals surface area contributed by atoms with E-state index in [4.69, 9.17) is 0 Å². The van der Waals surface area contributed by atoms with Crippen molar-refractivity contribution >= 4 is 9.84 Å². The topological polar surface area (TPSA) is 34.1 Å². The molecular formula is C9H6F2O2S. The maximum Gasteiger partial charge on any atom is 0.214 e. The van der Waals surface area contributed by atoms with Crippen molar-refractivity contribution in [1.82, 2.24) is 0 Å². The summed E-state index contributed by atoms with van der Waals surface area (Å²) in [6.07, 6.45) is 0.912. The van der Waals surface area contributed by atoms with E-state index in [2.05, 4.69) is 5.92 Å². The number of hydrogen-bond donors (Lipinski definition) is 0. The highest BCUT2D eigenvalue weighted by atomic mass is 32.2. The predicted octanol–water partition coefficient (Wildman–Crippen LogP) is 1.32. The molecule has 0 atom stereocenters. The highest BCUT2D eigenvalue weighted by Gasteiger charge is 1.98. The first-order chi connectivity index (χ1) is 6.37. The summed E-state index contributed by atoms with van der Waals surface area (Å²) in [5, 5.41) is 1.88. The molecule has 0 spiro atoms. The Balaban J connectivity index is 3.14. The number of halogens is 2. The molecule has 0 N–H and O–H groups in total. The Labute approximate surface area is 80.5 Å². The van der Waals surface area contributed by atoms with E-state index < -0.39 is 21.5 Å². The molecule has 74 valence electrons. The van der Waals surface area contributed by atoms with Crippen LogP contribution in [0.2, 0.25) is 0 Å². The van der Waals surface area contributed by atoms with E-state index in [0.29, 0.717) is 6.07 Å². The van der Waals surface area contributed by atoms with Gasteiger partial charge < -0.3 is 0 Å². The smallest absolute Gasteiger partial charge is 0.214 e. The van der Waals surface area contributed by atoms with Crippen molar-refractivity contribution in [3.05, 3.63) is 35.4 Å².